The fraction of sp³-hybridized carbons (Fsp3) is 0.273. The third-order valence-electron chi connectivity index (χ3n) is 2.31. The number of carbonyl (C=O) groups is 2. The van der Waals surface area contributed by atoms with Gasteiger partial charge in [0.25, 0.3) is 0 Å². The van der Waals surface area contributed by atoms with Crippen molar-refractivity contribution in [3.8, 4) is 0 Å². The number of nitrogens with one attached hydrogen (secondary N) is 2. The van der Waals surface area contributed by atoms with E-state index in [-0.39, 0.29) is 12.1 Å². The fourth-order valence-corrected chi connectivity index (χ4v) is 2.08. The molecule has 1 aromatic carbocycles. The number of carboxylic acids is 1. The zero-order valence-corrected chi connectivity index (χ0v) is 11.4. The van der Waals surface area contributed by atoms with Crippen molar-refractivity contribution in [3.63, 3.8) is 0 Å². The highest BCUT2D eigenvalue weighted by molar-refractivity contribution is 7.88. The third-order valence-corrected chi connectivity index (χ3v) is 3.33. The quantitative estimate of drug-likeness (QED) is 0.686. The van der Waals surface area contributed by atoms with Crippen LogP contribution in [-0.4, -0.2) is 39.2 Å². The summed E-state index contributed by atoms with van der Waals surface area (Å²) in [6.45, 7) is 0.0543. The smallest absolute Gasteiger partial charge is 0.421 e. The average Bonchev–Trinajstić information content (AvgIpc) is 2.38. The normalized spacial score (nSPS) is 10.8. The van der Waals surface area contributed by atoms with E-state index in [1.54, 1.807) is 16.9 Å². The summed E-state index contributed by atoms with van der Waals surface area (Å²) in [6.07, 6.45) is -0.731. The standard InChI is InChI=1S/C11H14N2O6S/c1-19-11(16)13-20(17,18)12-7-6-8-2-4-9(5-3-8)10(14)15/h2-5,12H,6-7H2,1H3,(H,13,16)(H,14,15). The molecule has 0 atom stereocenters. The van der Waals surface area contributed by atoms with Gasteiger partial charge in [0.05, 0.1) is 12.7 Å². The van der Waals surface area contributed by atoms with Gasteiger partial charge in [-0.15, -0.1) is 0 Å². The first kappa shape index (κ1) is 15.9. The molecule has 1 rings (SSSR count). The molecule has 0 saturated carbocycles. The predicted molar refractivity (Wildman–Crippen MR) is 69.6 cm³/mol. The largest absolute Gasteiger partial charge is 0.478 e. The number of aromatic carboxylic acids is 1. The highest BCUT2D eigenvalue weighted by atomic mass is 32.2. The first-order chi connectivity index (χ1) is 9.34. The number of benzene rings is 1. The molecule has 1 aromatic rings. The second kappa shape index (κ2) is 6.87. The average molecular weight is 302 g/mol. The van der Waals surface area contributed by atoms with E-state index in [0.29, 0.717) is 6.42 Å². The molecule has 0 unspecified atom stereocenters. The third kappa shape index (κ3) is 5.24. The van der Waals surface area contributed by atoms with Crippen LogP contribution in [0.2, 0.25) is 0 Å². The van der Waals surface area contributed by atoms with Crippen molar-refractivity contribution in [1.29, 1.82) is 0 Å². The maximum atomic E-state index is 11.3. The van der Waals surface area contributed by atoms with Crippen molar-refractivity contribution in [1.82, 2.24) is 9.44 Å². The van der Waals surface area contributed by atoms with E-state index in [1.165, 1.54) is 12.1 Å². The Hall–Kier alpha value is -2.13. The van der Waals surface area contributed by atoms with E-state index in [9.17, 15) is 18.0 Å². The molecule has 20 heavy (non-hydrogen) atoms. The van der Waals surface area contributed by atoms with Gasteiger partial charge in [0.2, 0.25) is 0 Å². The fourth-order valence-electron chi connectivity index (χ4n) is 1.33. The molecule has 0 aliphatic rings. The SMILES string of the molecule is COC(=O)NS(=O)(=O)NCCc1ccc(C(=O)O)cc1. The molecule has 0 aromatic heterocycles. The van der Waals surface area contributed by atoms with Crippen molar-refractivity contribution in [2.75, 3.05) is 13.7 Å². The summed E-state index contributed by atoms with van der Waals surface area (Å²) in [5.41, 5.74) is 0.914. The summed E-state index contributed by atoms with van der Waals surface area (Å²) >= 11 is 0. The molecule has 0 saturated heterocycles. The van der Waals surface area contributed by atoms with E-state index < -0.39 is 22.3 Å². The minimum Gasteiger partial charge on any atom is -0.478 e. The molecular weight excluding hydrogens is 288 g/mol. The van der Waals surface area contributed by atoms with Gasteiger partial charge in [0.1, 0.15) is 0 Å². The van der Waals surface area contributed by atoms with Crippen molar-refractivity contribution < 1.29 is 27.9 Å². The van der Waals surface area contributed by atoms with E-state index >= 15 is 0 Å². The Labute approximate surface area is 115 Å². The molecule has 0 spiro atoms. The molecule has 8 nitrogen and oxygen atoms in total. The first-order valence-electron chi connectivity index (χ1n) is 5.51. The van der Waals surface area contributed by atoms with Gasteiger partial charge in [-0.25, -0.2) is 14.3 Å². The number of hydrogen-bond donors (Lipinski definition) is 3. The van der Waals surface area contributed by atoms with Gasteiger partial charge >= 0.3 is 22.3 Å². The molecular formula is C11H14N2O6S. The molecule has 3 N–H and O–H groups in total. The second-order valence-corrected chi connectivity index (χ2v) is 5.24. The van der Waals surface area contributed by atoms with Gasteiger partial charge in [0.15, 0.2) is 0 Å². The van der Waals surface area contributed by atoms with Crippen molar-refractivity contribution in [2.45, 2.75) is 6.42 Å². The number of rotatable bonds is 6. The van der Waals surface area contributed by atoms with Gasteiger partial charge in [0, 0.05) is 6.54 Å². The number of amides is 1. The molecule has 0 fully saturated rings. The van der Waals surface area contributed by atoms with Crippen molar-refractivity contribution >= 4 is 22.3 Å². The summed E-state index contributed by atoms with van der Waals surface area (Å²) < 4.78 is 30.6. The monoisotopic (exact) mass is 302 g/mol. The lowest BCUT2D eigenvalue weighted by Crippen LogP contribution is -2.40. The molecule has 0 heterocycles. The summed E-state index contributed by atoms with van der Waals surface area (Å²) in [4.78, 5) is 21.4. The zero-order valence-electron chi connectivity index (χ0n) is 10.6. The number of ether oxygens (including phenoxy) is 1. The van der Waals surface area contributed by atoms with Crippen LogP contribution in [-0.2, 0) is 21.4 Å². The van der Waals surface area contributed by atoms with Crippen LogP contribution in [0.3, 0.4) is 0 Å². The first-order valence-corrected chi connectivity index (χ1v) is 7.00. The van der Waals surface area contributed by atoms with Crippen LogP contribution in [0.15, 0.2) is 24.3 Å². The Balaban J connectivity index is 2.48. The van der Waals surface area contributed by atoms with E-state index in [1.807, 2.05) is 0 Å². The van der Waals surface area contributed by atoms with Crippen molar-refractivity contribution in [2.24, 2.45) is 0 Å². The van der Waals surface area contributed by atoms with Gasteiger partial charge in [-0.2, -0.15) is 13.1 Å². The Bertz CT molecular complexity index is 581. The highest BCUT2D eigenvalue weighted by Gasteiger charge is 2.13. The molecule has 1 amide bonds. The minimum absolute atomic E-state index is 0.0543. The topological polar surface area (TPSA) is 122 Å². The second-order valence-electron chi connectivity index (χ2n) is 3.74. The lowest BCUT2D eigenvalue weighted by Gasteiger charge is -2.07. The van der Waals surface area contributed by atoms with Crippen LogP contribution in [0.1, 0.15) is 15.9 Å². The van der Waals surface area contributed by atoms with Gasteiger partial charge in [-0.3, -0.25) is 0 Å². The van der Waals surface area contributed by atoms with Gasteiger partial charge in [-0.05, 0) is 24.1 Å². The summed E-state index contributed by atoms with van der Waals surface area (Å²) in [5, 5.41) is 8.72. The molecule has 110 valence electrons. The van der Waals surface area contributed by atoms with Crippen LogP contribution in [0.4, 0.5) is 4.79 Å². The van der Waals surface area contributed by atoms with E-state index in [2.05, 4.69) is 9.46 Å². The van der Waals surface area contributed by atoms with Crippen LogP contribution in [0.25, 0.3) is 0 Å². The minimum atomic E-state index is -3.95. The summed E-state index contributed by atoms with van der Waals surface area (Å²) in [6, 6.07) is 6.04. The highest BCUT2D eigenvalue weighted by Crippen LogP contribution is 2.04. The summed E-state index contributed by atoms with van der Waals surface area (Å²) in [7, 11) is -2.90. The van der Waals surface area contributed by atoms with E-state index in [4.69, 9.17) is 5.11 Å². The lowest BCUT2D eigenvalue weighted by atomic mass is 10.1. The van der Waals surface area contributed by atoms with Crippen LogP contribution < -0.4 is 9.44 Å². The predicted octanol–water partition coefficient (Wildman–Crippen LogP) is 0.118. The van der Waals surface area contributed by atoms with Crippen LogP contribution in [0, 0.1) is 0 Å². The Morgan fingerprint density at radius 1 is 1.25 bits per heavy atom. The maximum Gasteiger partial charge on any atom is 0.421 e. The molecule has 0 radical (unpaired) electrons. The molecule has 9 heteroatoms. The van der Waals surface area contributed by atoms with Gasteiger partial charge < -0.3 is 9.84 Å². The van der Waals surface area contributed by atoms with Crippen LogP contribution >= 0.6 is 0 Å². The maximum absolute atomic E-state index is 11.3. The van der Waals surface area contributed by atoms with Crippen molar-refractivity contribution in [3.05, 3.63) is 35.4 Å². The number of carboxylic acid groups (broad SMARTS) is 1. The molecule has 0 aliphatic carbocycles. The van der Waals surface area contributed by atoms with E-state index in [0.717, 1.165) is 12.7 Å². The van der Waals surface area contributed by atoms with Crippen LogP contribution in [0.5, 0.6) is 0 Å². The number of hydrogen-bond acceptors (Lipinski definition) is 5. The van der Waals surface area contributed by atoms with Gasteiger partial charge in [-0.1, -0.05) is 12.1 Å². The molecule has 0 aliphatic heterocycles. The number of carbonyl (C=O) groups excluding carboxylic acids is 1. The Morgan fingerprint density at radius 2 is 1.85 bits per heavy atom. The zero-order chi connectivity index (χ0) is 15.2. The summed E-state index contributed by atoms with van der Waals surface area (Å²) in [5.74, 6) is -1.03. The Morgan fingerprint density at radius 3 is 2.35 bits per heavy atom. The molecule has 0 bridgehead atoms. The lowest BCUT2D eigenvalue weighted by molar-refractivity contribution is 0.0697. The number of methoxy groups -OCH3 is 1. The Kier molecular flexibility index (Phi) is 5.47.